The lowest BCUT2D eigenvalue weighted by molar-refractivity contribution is 0.0564. The third-order valence-corrected chi connectivity index (χ3v) is 7.94. The van der Waals surface area contributed by atoms with Gasteiger partial charge in [0, 0.05) is 6.42 Å². The molecule has 0 aliphatic heterocycles. The lowest BCUT2D eigenvalue weighted by Gasteiger charge is -2.27. The van der Waals surface area contributed by atoms with Gasteiger partial charge in [0.25, 0.3) is 5.92 Å². The highest BCUT2D eigenvalue weighted by molar-refractivity contribution is 7.06. The number of halogens is 3. The number of alkyl halides is 2. The van der Waals surface area contributed by atoms with Gasteiger partial charge in [-0.15, -0.1) is 0 Å². The zero-order chi connectivity index (χ0) is 18.6. The van der Waals surface area contributed by atoms with Crippen LogP contribution < -0.4 is 15.6 Å². The van der Waals surface area contributed by atoms with Crippen molar-refractivity contribution >= 4 is 24.0 Å². The van der Waals surface area contributed by atoms with Crippen molar-refractivity contribution in [3.05, 3.63) is 103 Å². The predicted molar refractivity (Wildman–Crippen MR) is 104 cm³/mol. The second kappa shape index (κ2) is 7.34. The van der Waals surface area contributed by atoms with Gasteiger partial charge in [-0.25, -0.2) is 8.78 Å². The first kappa shape index (κ1) is 18.2. The van der Waals surface area contributed by atoms with Crippen LogP contribution in [0.2, 0.25) is 0 Å². The van der Waals surface area contributed by atoms with E-state index in [1.165, 1.54) is 0 Å². The molecule has 26 heavy (non-hydrogen) atoms. The highest BCUT2D eigenvalue weighted by atomic mass is 28.4. The molecule has 0 saturated heterocycles. The Bertz CT molecular complexity index is 837. The molecule has 0 radical (unpaired) electrons. The molecule has 0 atom stereocenters. The Morgan fingerprint density at radius 2 is 1.23 bits per heavy atom. The average Bonchev–Trinajstić information content (AvgIpc) is 2.69. The van der Waals surface area contributed by atoms with Crippen molar-refractivity contribution in [1.29, 1.82) is 0 Å². The third-order valence-electron chi connectivity index (χ3n) is 4.46. The van der Waals surface area contributed by atoms with Crippen LogP contribution in [0.1, 0.15) is 5.56 Å². The molecule has 0 aromatic heterocycles. The van der Waals surface area contributed by atoms with Gasteiger partial charge in [-0.3, -0.25) is 4.11 Å². The summed E-state index contributed by atoms with van der Waals surface area (Å²) in [6, 6.07) is 24.3. The van der Waals surface area contributed by atoms with E-state index in [0.29, 0.717) is 27.2 Å². The Morgan fingerprint density at radius 1 is 0.769 bits per heavy atom. The van der Waals surface area contributed by atoms with E-state index < -0.39 is 20.8 Å². The van der Waals surface area contributed by atoms with Gasteiger partial charge in [0.15, 0.2) is 0 Å². The van der Waals surface area contributed by atoms with Gasteiger partial charge in [0.05, 0.1) is 0 Å². The summed E-state index contributed by atoms with van der Waals surface area (Å²) in [5.74, 6) is -3.08. The number of hydrogen-bond acceptors (Lipinski definition) is 0. The average molecular weight is 368 g/mol. The molecule has 0 aliphatic rings. The molecule has 0 heterocycles. The zero-order valence-corrected chi connectivity index (χ0v) is 15.2. The van der Waals surface area contributed by atoms with Crippen LogP contribution in [0.4, 0.5) is 12.9 Å². The fraction of sp³-hybridized carbons (Fsp3) is 0.0909. The Balaban J connectivity index is 2.23. The number of hydrogen-bond donors (Lipinski definition) is 0. The smallest absolute Gasteiger partial charge is 0.296 e. The van der Waals surface area contributed by atoms with E-state index in [-0.39, 0.29) is 0 Å². The Kier molecular flexibility index (Phi) is 5.14. The first-order valence-corrected chi connectivity index (χ1v) is 10.2. The van der Waals surface area contributed by atoms with Crippen LogP contribution in [0.3, 0.4) is 0 Å². The van der Waals surface area contributed by atoms with Crippen molar-refractivity contribution in [1.82, 2.24) is 0 Å². The van der Waals surface area contributed by atoms with E-state index in [1.807, 2.05) is 12.1 Å². The molecule has 4 heteroatoms. The lowest BCUT2D eigenvalue weighted by Crippen LogP contribution is -2.64. The van der Waals surface area contributed by atoms with Gasteiger partial charge < -0.3 is 0 Å². The molecular weight excluding hydrogens is 349 g/mol. The summed E-state index contributed by atoms with van der Waals surface area (Å²) in [6.07, 6.45) is 0.0568. The van der Waals surface area contributed by atoms with Crippen molar-refractivity contribution in [2.75, 3.05) is 0 Å². The van der Waals surface area contributed by atoms with Gasteiger partial charge >= 0.3 is 8.41 Å². The van der Waals surface area contributed by atoms with Crippen molar-refractivity contribution < 1.29 is 12.9 Å². The minimum atomic E-state index is -3.90. The van der Waals surface area contributed by atoms with Crippen LogP contribution >= 0.6 is 0 Å². The number of benzene rings is 3. The maximum atomic E-state index is 16.8. The second-order valence-corrected chi connectivity index (χ2v) is 9.20. The summed E-state index contributed by atoms with van der Waals surface area (Å²) in [7, 11) is -3.90. The second-order valence-electron chi connectivity index (χ2n) is 6.19. The summed E-state index contributed by atoms with van der Waals surface area (Å²) in [5.41, 5.74) is 0.319. The standard InChI is InChI=1S/C22H19F3Si/c1-2-22(23,24)17-18-11-9-10-16-21(18)26(25,19-12-5-3-6-13-19)20-14-7-4-8-15-20/h2-16H,1,17H2. The molecule has 0 saturated carbocycles. The normalized spacial score (nSPS) is 12.0. The molecule has 0 fully saturated rings. The minimum absolute atomic E-state index is 0.319. The zero-order valence-electron chi connectivity index (χ0n) is 14.2. The van der Waals surface area contributed by atoms with Crippen molar-refractivity contribution in [2.24, 2.45) is 0 Å². The fourth-order valence-corrected chi connectivity index (χ4v) is 6.35. The Labute approximate surface area is 152 Å². The van der Waals surface area contributed by atoms with Gasteiger partial charge in [-0.2, -0.15) is 0 Å². The van der Waals surface area contributed by atoms with E-state index in [0.717, 1.165) is 0 Å². The minimum Gasteiger partial charge on any atom is -0.296 e. The quantitative estimate of drug-likeness (QED) is 0.267. The van der Waals surface area contributed by atoms with Crippen LogP contribution in [0, 0.1) is 0 Å². The van der Waals surface area contributed by atoms with Crippen LogP contribution in [-0.2, 0) is 6.42 Å². The molecule has 3 aromatic rings. The van der Waals surface area contributed by atoms with Crippen LogP contribution in [-0.4, -0.2) is 14.3 Å². The fourth-order valence-electron chi connectivity index (χ4n) is 3.15. The molecule has 3 rings (SSSR count). The summed E-state index contributed by atoms with van der Waals surface area (Å²) in [6.45, 7) is 3.20. The van der Waals surface area contributed by atoms with Gasteiger partial charge in [0.1, 0.15) is 0 Å². The van der Waals surface area contributed by atoms with Gasteiger partial charge in [0.2, 0.25) is 0 Å². The molecule has 0 N–H and O–H groups in total. The molecule has 132 valence electrons. The molecule has 0 spiro atoms. The van der Waals surface area contributed by atoms with Crippen LogP contribution in [0.25, 0.3) is 0 Å². The predicted octanol–water partition coefficient (Wildman–Crippen LogP) is 3.99. The highest BCUT2D eigenvalue weighted by Gasteiger charge is 2.43. The first-order chi connectivity index (χ1) is 12.5. The number of rotatable bonds is 6. The molecule has 0 aliphatic carbocycles. The number of allylic oxidation sites excluding steroid dienone is 1. The van der Waals surface area contributed by atoms with Crippen LogP contribution in [0.15, 0.2) is 97.6 Å². The molecular formula is C22H19F3Si. The van der Waals surface area contributed by atoms with E-state index in [1.54, 1.807) is 72.8 Å². The Morgan fingerprint density at radius 3 is 1.73 bits per heavy atom. The van der Waals surface area contributed by atoms with Gasteiger partial charge in [-0.1, -0.05) is 91.5 Å². The Hall–Kier alpha value is -2.59. The summed E-state index contributed by atoms with van der Waals surface area (Å²) >= 11 is 0. The topological polar surface area (TPSA) is 0 Å². The van der Waals surface area contributed by atoms with Crippen molar-refractivity contribution in [3.63, 3.8) is 0 Å². The van der Waals surface area contributed by atoms with E-state index in [4.69, 9.17) is 0 Å². The maximum absolute atomic E-state index is 16.8. The van der Waals surface area contributed by atoms with E-state index in [9.17, 15) is 8.78 Å². The summed E-state index contributed by atoms with van der Waals surface area (Å²) in [5, 5.41) is 1.44. The highest BCUT2D eigenvalue weighted by Crippen LogP contribution is 2.22. The van der Waals surface area contributed by atoms with Crippen molar-refractivity contribution in [2.45, 2.75) is 12.3 Å². The van der Waals surface area contributed by atoms with Gasteiger partial charge in [-0.05, 0) is 27.2 Å². The molecule has 3 aromatic carbocycles. The first-order valence-electron chi connectivity index (χ1n) is 8.37. The molecule has 0 unspecified atom stereocenters. The van der Waals surface area contributed by atoms with Crippen LogP contribution in [0.5, 0.6) is 0 Å². The molecule has 0 nitrogen and oxygen atoms in total. The van der Waals surface area contributed by atoms with E-state index in [2.05, 4.69) is 6.58 Å². The summed E-state index contributed by atoms with van der Waals surface area (Å²) in [4.78, 5) is 0. The molecule has 0 bridgehead atoms. The largest absolute Gasteiger partial charge is 0.339 e. The summed E-state index contributed by atoms with van der Waals surface area (Å²) < 4.78 is 44.8. The lowest BCUT2D eigenvalue weighted by atomic mass is 10.1. The molecule has 0 amide bonds. The SMILES string of the molecule is C=CC(F)(F)Cc1ccccc1[Si](F)(c1ccccc1)c1ccccc1. The third kappa shape index (κ3) is 3.51. The van der Waals surface area contributed by atoms with Crippen molar-refractivity contribution in [3.8, 4) is 0 Å². The maximum Gasteiger partial charge on any atom is 0.339 e. The van der Waals surface area contributed by atoms with E-state index >= 15 is 4.11 Å². The monoisotopic (exact) mass is 368 g/mol.